The largest absolute Gasteiger partial charge is 0.493 e. The second kappa shape index (κ2) is 7.61. The molecule has 7 heteroatoms. The van der Waals surface area contributed by atoms with E-state index in [2.05, 4.69) is 4.98 Å². The van der Waals surface area contributed by atoms with Gasteiger partial charge in [-0.15, -0.1) is 0 Å². The summed E-state index contributed by atoms with van der Waals surface area (Å²) >= 11 is 6.09. The number of carbonyl (C=O) groups excluding carboxylic acids is 1. The van der Waals surface area contributed by atoms with Gasteiger partial charge in [-0.3, -0.25) is 4.79 Å². The van der Waals surface area contributed by atoms with Gasteiger partial charge in [0.05, 0.1) is 44.6 Å². The summed E-state index contributed by atoms with van der Waals surface area (Å²) in [5.74, 6) is -0.170. The van der Waals surface area contributed by atoms with Crippen molar-refractivity contribution < 1.29 is 27.9 Å². The molecular formula is C18H20ClNO5. The second-order valence-corrected chi connectivity index (χ2v) is 5.44. The molecule has 0 saturated heterocycles. The Hall–Kier alpha value is -2.47. The zero-order valence-corrected chi connectivity index (χ0v) is 15.3. The monoisotopic (exact) mass is 369 g/mol. The van der Waals surface area contributed by atoms with Gasteiger partial charge in [0, 0.05) is 10.3 Å². The number of halogens is 1. The fourth-order valence-corrected chi connectivity index (χ4v) is 2.67. The van der Waals surface area contributed by atoms with Crippen LogP contribution in [0.2, 0.25) is 5.02 Å². The Bertz CT molecular complexity index is 915. The Kier molecular flexibility index (Phi) is 4.52. The molecule has 0 radical (unpaired) electrons. The summed E-state index contributed by atoms with van der Waals surface area (Å²) in [7, 11) is 5.51. The predicted molar refractivity (Wildman–Crippen MR) is 94.8 cm³/mol. The maximum absolute atomic E-state index is 13.5. The van der Waals surface area contributed by atoms with Gasteiger partial charge >= 0.3 is 0 Å². The molecule has 2 rings (SSSR count). The molecule has 0 fully saturated rings. The number of pyridine rings is 1. The number of hydrogen-bond acceptors (Lipinski definition) is 6. The number of hydrogen-bond donors (Lipinski definition) is 0. The Labute approximate surface area is 155 Å². The summed E-state index contributed by atoms with van der Waals surface area (Å²) in [6.07, 6.45) is 1.14. The van der Waals surface area contributed by atoms with Crippen LogP contribution < -0.4 is 18.9 Å². The molecule has 0 spiro atoms. The summed E-state index contributed by atoms with van der Waals surface area (Å²) in [5.41, 5.74) is -0.0306. The number of aromatic nitrogens is 1. The van der Waals surface area contributed by atoms with Crippen LogP contribution >= 0.6 is 11.6 Å². The minimum Gasteiger partial charge on any atom is -0.493 e. The van der Waals surface area contributed by atoms with Crippen molar-refractivity contribution in [2.24, 2.45) is 0 Å². The number of methoxy groups -OCH3 is 4. The van der Waals surface area contributed by atoms with Crippen molar-refractivity contribution in [2.45, 2.75) is 13.8 Å². The minimum atomic E-state index is -2.67. The predicted octanol–water partition coefficient (Wildman–Crippen LogP) is 3.62. The number of benzene rings is 1. The van der Waals surface area contributed by atoms with Gasteiger partial charge in [-0.1, -0.05) is 11.6 Å². The van der Waals surface area contributed by atoms with E-state index in [9.17, 15) is 4.79 Å². The first-order valence-corrected chi connectivity index (χ1v) is 7.57. The SMILES string of the molecule is [2H][13C]([2H])([2H])c1c(Cl)cnc(OC)c1C(=O)c1c(C)cc(OC)c(OC)c1OC. The molecule has 0 unspecified atom stereocenters. The second-order valence-electron chi connectivity index (χ2n) is 5.03. The van der Waals surface area contributed by atoms with E-state index in [1.165, 1.54) is 28.4 Å². The molecule has 0 atom stereocenters. The standard InChI is InChI=1S/C18H20ClNO5/c1-9-7-12(22-3)16(23-4)17(24-5)13(9)15(21)14-10(2)11(19)8-20-18(14)25-6/h7-8H,1-6H3/i2+1D3. The lowest BCUT2D eigenvalue weighted by molar-refractivity contribution is 0.103. The van der Waals surface area contributed by atoms with Crippen molar-refractivity contribution >= 4 is 17.4 Å². The number of nitrogens with zero attached hydrogens (tertiary/aromatic N) is 1. The third-order valence-electron chi connectivity index (χ3n) is 3.67. The van der Waals surface area contributed by atoms with Crippen LogP contribution in [0.15, 0.2) is 12.3 Å². The van der Waals surface area contributed by atoms with E-state index in [1.807, 2.05) is 0 Å². The van der Waals surface area contributed by atoms with Gasteiger partial charge in [0.25, 0.3) is 0 Å². The van der Waals surface area contributed by atoms with Crippen molar-refractivity contribution in [1.82, 2.24) is 4.98 Å². The van der Waals surface area contributed by atoms with Crippen LogP contribution in [0.4, 0.5) is 0 Å². The van der Waals surface area contributed by atoms with Gasteiger partial charge < -0.3 is 18.9 Å². The Morgan fingerprint density at radius 1 is 1.08 bits per heavy atom. The van der Waals surface area contributed by atoms with E-state index in [0.717, 1.165) is 6.20 Å². The van der Waals surface area contributed by atoms with Crippen LogP contribution in [-0.4, -0.2) is 39.2 Å². The maximum atomic E-state index is 13.5. The van der Waals surface area contributed by atoms with E-state index in [0.29, 0.717) is 11.3 Å². The van der Waals surface area contributed by atoms with Crippen LogP contribution in [-0.2, 0) is 0 Å². The average molecular weight is 370 g/mol. The Balaban J connectivity index is 2.90. The van der Waals surface area contributed by atoms with Gasteiger partial charge in [0.15, 0.2) is 11.5 Å². The molecular weight excluding hydrogens is 347 g/mol. The van der Waals surface area contributed by atoms with Crippen LogP contribution in [0.5, 0.6) is 23.1 Å². The van der Waals surface area contributed by atoms with Crippen molar-refractivity contribution in [3.05, 3.63) is 39.5 Å². The molecule has 0 saturated carbocycles. The maximum Gasteiger partial charge on any atom is 0.224 e. The molecule has 25 heavy (non-hydrogen) atoms. The van der Waals surface area contributed by atoms with Gasteiger partial charge in [-0.25, -0.2) is 4.98 Å². The molecule has 134 valence electrons. The Morgan fingerprint density at radius 3 is 2.28 bits per heavy atom. The number of rotatable bonds is 6. The molecule has 0 aliphatic heterocycles. The van der Waals surface area contributed by atoms with Crippen molar-refractivity contribution in [3.63, 3.8) is 0 Å². The molecule has 6 nitrogen and oxygen atoms in total. The van der Waals surface area contributed by atoms with Crippen LogP contribution in [0, 0.1) is 13.8 Å². The van der Waals surface area contributed by atoms with Crippen molar-refractivity contribution in [2.75, 3.05) is 28.4 Å². The summed E-state index contributed by atoms with van der Waals surface area (Å²) in [6.45, 7) is -1.01. The van der Waals surface area contributed by atoms with Crippen LogP contribution in [0.1, 0.15) is 31.2 Å². The minimum absolute atomic E-state index is 0.0908. The van der Waals surface area contributed by atoms with Crippen molar-refractivity contribution in [3.8, 4) is 23.1 Å². The highest BCUT2D eigenvalue weighted by Gasteiger charge is 2.28. The number of aryl methyl sites for hydroxylation is 1. The quantitative estimate of drug-likeness (QED) is 0.572. The molecule has 2 aromatic rings. The van der Waals surface area contributed by atoms with Gasteiger partial charge in [0.1, 0.15) is 0 Å². The first-order valence-electron chi connectivity index (χ1n) is 8.69. The van der Waals surface area contributed by atoms with E-state index >= 15 is 0 Å². The summed E-state index contributed by atoms with van der Waals surface area (Å²) < 4.78 is 44.6. The van der Waals surface area contributed by atoms with E-state index in [4.69, 9.17) is 34.7 Å². The highest BCUT2D eigenvalue weighted by molar-refractivity contribution is 6.32. The molecule has 1 aromatic heterocycles. The van der Waals surface area contributed by atoms with Gasteiger partial charge in [-0.05, 0) is 31.0 Å². The van der Waals surface area contributed by atoms with Gasteiger partial charge in [0.2, 0.25) is 17.4 Å². The fourth-order valence-electron chi connectivity index (χ4n) is 2.52. The lowest BCUT2D eigenvalue weighted by atomic mass is 9.96. The van der Waals surface area contributed by atoms with Gasteiger partial charge in [-0.2, -0.15) is 0 Å². The normalized spacial score (nSPS) is 12.6. The molecule has 0 amide bonds. The van der Waals surface area contributed by atoms with E-state index in [-0.39, 0.29) is 39.1 Å². The molecule has 1 aromatic carbocycles. The summed E-state index contributed by atoms with van der Waals surface area (Å²) in [5, 5.41) is -0.166. The zero-order chi connectivity index (χ0) is 21.2. The third-order valence-corrected chi connectivity index (χ3v) is 3.96. The lowest BCUT2D eigenvalue weighted by Gasteiger charge is -2.19. The summed E-state index contributed by atoms with van der Waals surface area (Å²) in [6, 6.07) is 1.59. The number of ketones is 1. The molecule has 0 N–H and O–H groups in total. The smallest absolute Gasteiger partial charge is 0.224 e. The molecule has 1 heterocycles. The Morgan fingerprint density at radius 2 is 1.76 bits per heavy atom. The van der Waals surface area contributed by atoms with Crippen LogP contribution in [0.25, 0.3) is 0 Å². The summed E-state index contributed by atoms with van der Waals surface area (Å²) in [4.78, 5) is 17.5. The fraction of sp³-hybridized carbons (Fsp3) is 0.333. The third kappa shape index (κ3) is 3.22. The zero-order valence-electron chi connectivity index (χ0n) is 17.5. The molecule has 0 aliphatic carbocycles. The van der Waals surface area contributed by atoms with E-state index < -0.39 is 12.6 Å². The lowest BCUT2D eigenvalue weighted by Crippen LogP contribution is -2.12. The molecule has 0 aliphatic rings. The van der Waals surface area contributed by atoms with Crippen LogP contribution in [0.3, 0.4) is 0 Å². The van der Waals surface area contributed by atoms with E-state index in [1.54, 1.807) is 13.0 Å². The number of carbonyl (C=O) groups is 1. The first-order chi connectivity index (χ1) is 13.1. The highest BCUT2D eigenvalue weighted by atomic mass is 35.5. The van der Waals surface area contributed by atoms with Crippen molar-refractivity contribution in [1.29, 1.82) is 0 Å². The average Bonchev–Trinajstić information content (AvgIpc) is 2.64. The first kappa shape index (κ1) is 14.8. The number of ether oxygens (including phenoxy) is 4. The highest BCUT2D eigenvalue weighted by Crippen LogP contribution is 2.43. The molecule has 0 bridgehead atoms. The topological polar surface area (TPSA) is 66.9 Å².